The lowest BCUT2D eigenvalue weighted by Gasteiger charge is -2.35. The first-order chi connectivity index (χ1) is 17.0. The van der Waals surface area contributed by atoms with E-state index in [2.05, 4.69) is 4.98 Å². The summed E-state index contributed by atoms with van der Waals surface area (Å²) in [5.41, 5.74) is 1.89. The van der Waals surface area contributed by atoms with Gasteiger partial charge in [0.2, 0.25) is 0 Å². The normalized spacial score (nSPS) is 23.8. The maximum Gasteiger partial charge on any atom is 0.337 e. The summed E-state index contributed by atoms with van der Waals surface area (Å²) in [4.78, 5) is 45.4. The lowest BCUT2D eigenvalue weighted by atomic mass is 9.77. The van der Waals surface area contributed by atoms with Gasteiger partial charge in [-0.3, -0.25) is 14.5 Å². The molecule has 9 heteroatoms. The molecular weight excluding hydrogens is 471 g/mol. The third-order valence-electron chi connectivity index (χ3n) is 6.96. The molecule has 1 aromatic heterocycles. The van der Waals surface area contributed by atoms with Crippen molar-refractivity contribution in [3.8, 4) is 0 Å². The maximum absolute atomic E-state index is 13.8. The van der Waals surface area contributed by atoms with Crippen molar-refractivity contribution in [2.24, 2.45) is 5.92 Å². The fourth-order valence-electron chi connectivity index (χ4n) is 5.27. The van der Waals surface area contributed by atoms with Gasteiger partial charge in [-0.2, -0.15) is 0 Å². The van der Waals surface area contributed by atoms with Crippen molar-refractivity contribution < 1.29 is 28.2 Å². The fraction of sp³-hybridized carbons (Fsp3) is 0.308. The van der Waals surface area contributed by atoms with Crippen LogP contribution in [0.5, 0.6) is 0 Å². The fourth-order valence-corrected chi connectivity index (χ4v) is 6.28. The van der Waals surface area contributed by atoms with E-state index in [1.165, 1.54) is 35.5 Å². The molecule has 1 amide bonds. The summed E-state index contributed by atoms with van der Waals surface area (Å²) in [5.74, 6) is -1.58. The van der Waals surface area contributed by atoms with Crippen molar-refractivity contribution in [2.45, 2.75) is 37.8 Å². The summed E-state index contributed by atoms with van der Waals surface area (Å²) in [6.07, 6.45) is 3.06. The van der Waals surface area contributed by atoms with E-state index in [-0.39, 0.29) is 23.6 Å². The third kappa shape index (κ3) is 3.44. The zero-order valence-electron chi connectivity index (χ0n) is 18.8. The highest BCUT2D eigenvalue weighted by atomic mass is 32.1. The van der Waals surface area contributed by atoms with E-state index in [1.807, 2.05) is 0 Å². The van der Waals surface area contributed by atoms with Crippen LogP contribution < -0.4 is 4.90 Å². The summed E-state index contributed by atoms with van der Waals surface area (Å²) in [5, 5.41) is 0.353. The number of carbonyl (C=O) groups is 3. The number of hydrogen-bond donors (Lipinski definition) is 0. The number of esters is 1. The van der Waals surface area contributed by atoms with Crippen LogP contribution in [0.1, 0.15) is 47.6 Å². The van der Waals surface area contributed by atoms with Gasteiger partial charge in [0, 0.05) is 0 Å². The molecule has 0 saturated heterocycles. The Balaban J connectivity index is 1.49. The number of anilines is 1. The Hall–Kier alpha value is -3.59. The molecule has 7 nitrogen and oxygen atoms in total. The Morgan fingerprint density at radius 3 is 2.69 bits per heavy atom. The monoisotopic (exact) mass is 492 g/mol. The molecule has 6 rings (SSSR count). The number of Topliss-reactive ketones (excluding diaryl/α,β-unsaturated/α-hetero) is 1. The van der Waals surface area contributed by atoms with Crippen molar-refractivity contribution >= 4 is 44.3 Å². The topological polar surface area (TPSA) is 85.8 Å². The van der Waals surface area contributed by atoms with Crippen molar-refractivity contribution in [3.05, 3.63) is 70.7 Å². The van der Waals surface area contributed by atoms with Gasteiger partial charge in [0.1, 0.15) is 11.9 Å². The van der Waals surface area contributed by atoms with Crippen LogP contribution in [0.4, 0.5) is 9.52 Å². The molecule has 0 bridgehead atoms. The van der Waals surface area contributed by atoms with Crippen LogP contribution in [0, 0.1) is 11.7 Å². The first-order valence-electron chi connectivity index (χ1n) is 11.5. The van der Waals surface area contributed by atoms with E-state index >= 15 is 0 Å². The van der Waals surface area contributed by atoms with Crippen LogP contribution >= 0.6 is 11.3 Å². The number of aromatic nitrogens is 1. The number of thiazole rings is 1. The molecule has 2 aromatic carbocycles. The summed E-state index contributed by atoms with van der Waals surface area (Å²) in [7, 11) is 1.30. The van der Waals surface area contributed by atoms with Gasteiger partial charge in [0.15, 0.2) is 16.7 Å². The average molecular weight is 493 g/mol. The number of rotatable bonds is 3. The molecule has 3 heterocycles. The van der Waals surface area contributed by atoms with Gasteiger partial charge in [-0.25, -0.2) is 14.2 Å². The molecule has 0 radical (unpaired) electrons. The van der Waals surface area contributed by atoms with Crippen LogP contribution in [0.15, 0.2) is 53.8 Å². The molecule has 3 unspecified atom stereocenters. The number of ketones is 1. The first-order valence-corrected chi connectivity index (χ1v) is 12.3. The average Bonchev–Trinajstić information content (AvgIpc) is 3.42. The molecule has 3 aliphatic rings. The molecule has 0 spiro atoms. The van der Waals surface area contributed by atoms with Crippen LogP contribution in [0.3, 0.4) is 0 Å². The van der Waals surface area contributed by atoms with Gasteiger partial charge < -0.3 is 9.47 Å². The van der Waals surface area contributed by atoms with Gasteiger partial charge in [0.25, 0.3) is 5.91 Å². The van der Waals surface area contributed by atoms with E-state index in [1.54, 1.807) is 30.3 Å². The van der Waals surface area contributed by atoms with Crippen LogP contribution in [0.25, 0.3) is 10.2 Å². The van der Waals surface area contributed by atoms with Gasteiger partial charge >= 0.3 is 5.97 Å². The number of methoxy groups -OCH3 is 1. The molecule has 3 aromatic rings. The Morgan fingerprint density at radius 2 is 1.91 bits per heavy atom. The molecule has 1 saturated carbocycles. The van der Waals surface area contributed by atoms with Crippen molar-refractivity contribution in [1.82, 2.24) is 4.98 Å². The Morgan fingerprint density at radius 1 is 1.14 bits per heavy atom. The lowest BCUT2D eigenvalue weighted by molar-refractivity contribution is -0.131. The van der Waals surface area contributed by atoms with Crippen LogP contribution in [0.2, 0.25) is 0 Å². The number of hydrogen-bond acceptors (Lipinski definition) is 7. The third-order valence-corrected chi connectivity index (χ3v) is 7.97. The highest BCUT2D eigenvalue weighted by Crippen LogP contribution is 2.49. The van der Waals surface area contributed by atoms with Gasteiger partial charge in [-0.05, 0) is 55.2 Å². The number of ether oxygens (including phenoxy) is 2. The lowest BCUT2D eigenvalue weighted by Crippen LogP contribution is -2.39. The molecule has 1 aliphatic carbocycles. The molecule has 35 heavy (non-hydrogen) atoms. The quantitative estimate of drug-likeness (QED) is 0.492. The summed E-state index contributed by atoms with van der Waals surface area (Å²) < 4.78 is 25.4. The predicted molar refractivity (Wildman–Crippen MR) is 126 cm³/mol. The van der Waals surface area contributed by atoms with E-state index in [9.17, 15) is 18.8 Å². The highest BCUT2D eigenvalue weighted by Gasteiger charge is 2.53. The number of halogens is 1. The minimum atomic E-state index is -0.759. The number of fused-ring (bicyclic) bond motifs is 2. The second-order valence-corrected chi connectivity index (χ2v) is 9.96. The molecular formula is C26H21FN2O5S. The highest BCUT2D eigenvalue weighted by molar-refractivity contribution is 7.22. The Labute approximate surface area is 204 Å². The number of nitrogens with zero attached hydrogens (tertiary/aromatic N) is 2. The zero-order valence-corrected chi connectivity index (χ0v) is 19.6. The van der Waals surface area contributed by atoms with Gasteiger partial charge in [-0.15, -0.1) is 0 Å². The van der Waals surface area contributed by atoms with Crippen LogP contribution in [-0.4, -0.2) is 35.9 Å². The minimum absolute atomic E-state index is 0.0685. The smallest absolute Gasteiger partial charge is 0.337 e. The van der Waals surface area contributed by atoms with Crippen molar-refractivity contribution in [1.29, 1.82) is 0 Å². The van der Waals surface area contributed by atoms with Crippen LogP contribution in [-0.2, 0) is 19.1 Å². The molecule has 0 N–H and O–H groups in total. The van der Waals surface area contributed by atoms with Gasteiger partial charge in [0.05, 0.1) is 40.4 Å². The standard InChI is InChI=1S/C26H21FN2O5S/c1-33-25(32)14-8-6-13(7-9-14)21-20-22(30)16-4-2-3-5-18(16)34-23(20)24(31)29(21)26-28-17-11-10-15(27)12-19(17)35-26/h6-12,16,18,21H,2-5H2,1H3. The second-order valence-electron chi connectivity index (χ2n) is 8.95. The Bertz CT molecular complexity index is 1410. The van der Waals surface area contributed by atoms with Gasteiger partial charge in [-0.1, -0.05) is 29.9 Å². The largest absolute Gasteiger partial charge is 0.483 e. The SMILES string of the molecule is COC(=O)c1ccc(C2C3=C(OC4CCCCC4C3=O)C(=O)N2c2nc3ccc(F)cc3s2)cc1. The molecule has 1 fully saturated rings. The van der Waals surface area contributed by atoms with E-state index in [0.717, 1.165) is 25.7 Å². The zero-order chi connectivity index (χ0) is 24.3. The second kappa shape index (κ2) is 8.27. The van der Waals surface area contributed by atoms with Crippen molar-refractivity contribution in [3.63, 3.8) is 0 Å². The number of benzene rings is 2. The maximum atomic E-state index is 13.8. The van der Waals surface area contributed by atoms with E-state index in [0.29, 0.717) is 32.0 Å². The minimum Gasteiger partial charge on any atom is -0.483 e. The molecule has 2 aliphatic heterocycles. The number of carbonyl (C=O) groups excluding carboxylic acids is 3. The molecule has 178 valence electrons. The first kappa shape index (κ1) is 21.9. The predicted octanol–water partition coefficient (Wildman–Crippen LogP) is 4.72. The van der Waals surface area contributed by atoms with E-state index in [4.69, 9.17) is 9.47 Å². The molecule has 3 atom stereocenters. The Kier molecular flexibility index (Phi) is 5.17. The van der Waals surface area contributed by atoms with Crippen molar-refractivity contribution in [2.75, 3.05) is 12.0 Å². The summed E-state index contributed by atoms with van der Waals surface area (Å²) in [6.45, 7) is 0. The summed E-state index contributed by atoms with van der Waals surface area (Å²) in [6, 6.07) is 10.1. The summed E-state index contributed by atoms with van der Waals surface area (Å²) >= 11 is 1.18. The number of amides is 1. The van der Waals surface area contributed by atoms with E-state index < -0.39 is 23.7 Å².